The number of unbranched alkanes of at least 4 members (excludes halogenated alkanes) is 7. The molecule has 0 unspecified atom stereocenters. The van der Waals surface area contributed by atoms with Crippen LogP contribution in [-0.2, 0) is 6.42 Å². The van der Waals surface area contributed by atoms with Crippen molar-refractivity contribution in [3.05, 3.63) is 29.8 Å². The number of rotatable bonds is 17. The highest BCUT2D eigenvalue weighted by Gasteiger charge is 2.15. The number of nitrogens with zero attached hydrogens (tertiary/aromatic N) is 2. The fraction of sp³-hybridized carbons (Fsp3) is 0.793. The van der Waals surface area contributed by atoms with Gasteiger partial charge < -0.3 is 9.80 Å². The van der Waals surface area contributed by atoms with Gasteiger partial charge in [0, 0.05) is 18.8 Å². The molecule has 0 saturated heterocycles. The molecule has 178 valence electrons. The molecule has 1 aliphatic heterocycles. The van der Waals surface area contributed by atoms with Crippen LogP contribution in [0.25, 0.3) is 0 Å². The number of aryl methyl sites for hydroxylation is 1. The summed E-state index contributed by atoms with van der Waals surface area (Å²) in [4.78, 5) is 5.36. The quantitative estimate of drug-likeness (QED) is 0.232. The van der Waals surface area contributed by atoms with E-state index in [1.165, 1.54) is 115 Å². The van der Waals surface area contributed by atoms with Crippen LogP contribution in [0, 0.1) is 11.8 Å². The van der Waals surface area contributed by atoms with Crippen LogP contribution in [0.4, 0.5) is 5.69 Å². The molecule has 0 radical (unpaired) electrons. The molecule has 0 N–H and O–H groups in total. The van der Waals surface area contributed by atoms with Gasteiger partial charge in [-0.3, -0.25) is 0 Å². The lowest BCUT2D eigenvalue weighted by atomic mass is 10.0. The van der Waals surface area contributed by atoms with Gasteiger partial charge in [-0.15, -0.1) is 0 Å². The highest BCUT2D eigenvalue weighted by molar-refractivity contribution is 5.55. The van der Waals surface area contributed by atoms with Crippen molar-refractivity contribution in [1.82, 2.24) is 4.90 Å². The van der Waals surface area contributed by atoms with Gasteiger partial charge in [0.05, 0.1) is 0 Å². The second-order valence-electron chi connectivity index (χ2n) is 10.8. The standard InChI is InChI=1S/C29H52N2/c1-26(2)19-24-30(25-20-27(3)4)21-13-9-7-5-6-8-10-14-22-31-23-15-17-28-16-11-12-18-29(28)31/h11-12,16,18,26-27H,5-10,13-15,17,19-25H2,1-4H3. The molecule has 1 aromatic carbocycles. The van der Waals surface area contributed by atoms with E-state index in [1.54, 1.807) is 5.56 Å². The number of anilines is 1. The molecule has 2 nitrogen and oxygen atoms in total. The monoisotopic (exact) mass is 428 g/mol. The average Bonchev–Trinajstić information content (AvgIpc) is 2.76. The zero-order chi connectivity index (χ0) is 22.3. The third-order valence-electron chi connectivity index (χ3n) is 6.90. The fourth-order valence-electron chi connectivity index (χ4n) is 4.76. The Morgan fingerprint density at radius 1 is 0.742 bits per heavy atom. The molecular weight excluding hydrogens is 376 g/mol. The smallest absolute Gasteiger partial charge is 0.0398 e. The van der Waals surface area contributed by atoms with E-state index >= 15 is 0 Å². The van der Waals surface area contributed by atoms with Crippen LogP contribution < -0.4 is 4.90 Å². The highest BCUT2D eigenvalue weighted by Crippen LogP contribution is 2.27. The zero-order valence-corrected chi connectivity index (χ0v) is 21.4. The maximum absolute atomic E-state index is 2.73. The Morgan fingerprint density at radius 2 is 1.32 bits per heavy atom. The predicted molar refractivity (Wildman–Crippen MR) is 139 cm³/mol. The van der Waals surface area contributed by atoms with Gasteiger partial charge in [-0.05, 0) is 81.6 Å². The molecule has 1 aliphatic rings. The van der Waals surface area contributed by atoms with Gasteiger partial charge in [-0.1, -0.05) is 84.4 Å². The molecule has 0 spiro atoms. The van der Waals surface area contributed by atoms with Crippen LogP contribution in [-0.4, -0.2) is 37.6 Å². The van der Waals surface area contributed by atoms with E-state index in [0.29, 0.717) is 0 Å². The first-order chi connectivity index (χ1) is 15.1. The van der Waals surface area contributed by atoms with Gasteiger partial charge in [-0.2, -0.15) is 0 Å². The molecular formula is C29H52N2. The summed E-state index contributed by atoms with van der Waals surface area (Å²) < 4.78 is 0. The molecule has 0 aliphatic carbocycles. The Morgan fingerprint density at radius 3 is 1.97 bits per heavy atom. The van der Waals surface area contributed by atoms with Crippen molar-refractivity contribution in [2.45, 2.75) is 105 Å². The summed E-state index contributed by atoms with van der Waals surface area (Å²) >= 11 is 0. The van der Waals surface area contributed by atoms with Gasteiger partial charge >= 0.3 is 0 Å². The first kappa shape index (κ1) is 26.2. The number of benzene rings is 1. The van der Waals surface area contributed by atoms with Crippen LogP contribution in [0.15, 0.2) is 24.3 Å². The molecule has 0 fully saturated rings. The average molecular weight is 429 g/mol. The van der Waals surface area contributed by atoms with Crippen LogP contribution in [0.2, 0.25) is 0 Å². The van der Waals surface area contributed by atoms with Crippen LogP contribution >= 0.6 is 0 Å². The Bertz CT molecular complexity index is 554. The predicted octanol–water partition coefficient (Wildman–Crippen LogP) is 7.95. The van der Waals surface area contributed by atoms with E-state index in [0.717, 1.165) is 11.8 Å². The van der Waals surface area contributed by atoms with E-state index in [4.69, 9.17) is 0 Å². The second-order valence-corrected chi connectivity index (χ2v) is 10.8. The molecule has 1 heterocycles. The molecule has 0 bridgehead atoms. The number of hydrogen-bond donors (Lipinski definition) is 0. The van der Waals surface area contributed by atoms with E-state index in [9.17, 15) is 0 Å². The minimum absolute atomic E-state index is 0.825. The van der Waals surface area contributed by atoms with Crippen molar-refractivity contribution >= 4 is 5.69 Å². The van der Waals surface area contributed by atoms with Crippen LogP contribution in [0.3, 0.4) is 0 Å². The van der Waals surface area contributed by atoms with Crippen molar-refractivity contribution in [2.75, 3.05) is 37.6 Å². The molecule has 0 saturated carbocycles. The van der Waals surface area contributed by atoms with E-state index in [-0.39, 0.29) is 0 Å². The lowest BCUT2D eigenvalue weighted by Crippen LogP contribution is -2.30. The van der Waals surface area contributed by atoms with Gasteiger partial charge in [0.25, 0.3) is 0 Å². The Kier molecular flexibility index (Phi) is 13.3. The van der Waals surface area contributed by atoms with E-state index in [2.05, 4.69) is 61.8 Å². The maximum Gasteiger partial charge on any atom is 0.0398 e. The minimum Gasteiger partial charge on any atom is -0.371 e. The zero-order valence-electron chi connectivity index (χ0n) is 21.4. The molecule has 0 amide bonds. The second kappa shape index (κ2) is 15.7. The maximum atomic E-state index is 2.73. The minimum atomic E-state index is 0.825. The summed E-state index contributed by atoms with van der Waals surface area (Å²) in [5.74, 6) is 1.65. The van der Waals surface area contributed by atoms with Crippen molar-refractivity contribution < 1.29 is 0 Å². The Balaban J connectivity index is 1.47. The molecule has 31 heavy (non-hydrogen) atoms. The summed E-state index contributed by atoms with van der Waals surface area (Å²) in [6.07, 6.45) is 16.6. The summed E-state index contributed by atoms with van der Waals surface area (Å²) in [7, 11) is 0. The van der Waals surface area contributed by atoms with Gasteiger partial charge in [0.2, 0.25) is 0 Å². The largest absolute Gasteiger partial charge is 0.371 e. The summed E-state index contributed by atoms with van der Waals surface area (Å²) in [5.41, 5.74) is 3.06. The highest BCUT2D eigenvalue weighted by atomic mass is 15.1. The molecule has 1 aromatic rings. The lowest BCUT2D eigenvalue weighted by Gasteiger charge is -2.31. The summed E-state index contributed by atoms with van der Waals surface area (Å²) in [6, 6.07) is 9.03. The third kappa shape index (κ3) is 11.4. The molecule has 0 aromatic heterocycles. The normalized spacial score (nSPS) is 14.1. The number of fused-ring (bicyclic) bond motifs is 1. The van der Waals surface area contributed by atoms with Crippen molar-refractivity contribution in [3.8, 4) is 0 Å². The van der Waals surface area contributed by atoms with E-state index in [1.807, 2.05) is 0 Å². The first-order valence-corrected chi connectivity index (χ1v) is 13.6. The molecule has 2 heteroatoms. The van der Waals surface area contributed by atoms with Crippen molar-refractivity contribution in [3.63, 3.8) is 0 Å². The van der Waals surface area contributed by atoms with Crippen LogP contribution in [0.5, 0.6) is 0 Å². The van der Waals surface area contributed by atoms with Gasteiger partial charge in [0.15, 0.2) is 0 Å². The van der Waals surface area contributed by atoms with Crippen molar-refractivity contribution in [2.24, 2.45) is 11.8 Å². The van der Waals surface area contributed by atoms with Gasteiger partial charge in [-0.25, -0.2) is 0 Å². The van der Waals surface area contributed by atoms with Gasteiger partial charge in [0.1, 0.15) is 0 Å². The lowest BCUT2D eigenvalue weighted by molar-refractivity contribution is 0.238. The summed E-state index contributed by atoms with van der Waals surface area (Å²) in [6.45, 7) is 15.8. The SMILES string of the molecule is CC(C)CCN(CCCCCCCCCCN1CCCc2ccccc21)CCC(C)C. The molecule has 2 rings (SSSR count). The summed E-state index contributed by atoms with van der Waals surface area (Å²) in [5, 5.41) is 0. The number of hydrogen-bond acceptors (Lipinski definition) is 2. The van der Waals surface area contributed by atoms with Crippen molar-refractivity contribution in [1.29, 1.82) is 0 Å². The van der Waals surface area contributed by atoms with Crippen LogP contribution in [0.1, 0.15) is 104 Å². The third-order valence-corrected chi connectivity index (χ3v) is 6.90. The number of para-hydroxylation sites is 1. The van der Waals surface area contributed by atoms with E-state index < -0.39 is 0 Å². The Hall–Kier alpha value is -1.02. The fourth-order valence-corrected chi connectivity index (χ4v) is 4.76. The first-order valence-electron chi connectivity index (χ1n) is 13.6. The topological polar surface area (TPSA) is 6.48 Å². The molecule has 0 atom stereocenters. The Labute approximate surface area is 194 Å².